The van der Waals surface area contributed by atoms with E-state index in [0.29, 0.717) is 17.5 Å². The fourth-order valence-corrected chi connectivity index (χ4v) is 2.72. The minimum absolute atomic E-state index is 0.159. The third-order valence-corrected chi connectivity index (χ3v) is 4.10. The number of benzene rings is 1. The molecule has 0 bridgehead atoms. The third kappa shape index (κ3) is 4.45. The summed E-state index contributed by atoms with van der Waals surface area (Å²) in [6.07, 6.45) is 2.11. The molecule has 1 amide bonds. The quantitative estimate of drug-likeness (QED) is 0.809. The van der Waals surface area contributed by atoms with Crippen LogP contribution in [-0.4, -0.2) is 37.1 Å². The van der Waals surface area contributed by atoms with E-state index < -0.39 is 12.0 Å². The van der Waals surface area contributed by atoms with E-state index >= 15 is 0 Å². The smallest absolute Gasteiger partial charge is 0.328 e. The predicted molar refractivity (Wildman–Crippen MR) is 84.7 cm³/mol. The summed E-state index contributed by atoms with van der Waals surface area (Å²) in [6, 6.07) is 6.56. The summed E-state index contributed by atoms with van der Waals surface area (Å²) in [7, 11) is 1.32. The average molecular weight is 325 g/mol. The molecule has 0 saturated carbocycles. The molecule has 1 unspecified atom stereocenters. The Hall–Kier alpha value is -1.59. The van der Waals surface area contributed by atoms with Gasteiger partial charge in [0.05, 0.1) is 13.2 Å². The van der Waals surface area contributed by atoms with E-state index in [4.69, 9.17) is 16.3 Å². The lowest BCUT2D eigenvalue weighted by atomic mass is 10.1. The lowest BCUT2D eigenvalue weighted by Gasteiger charge is -2.19. The number of esters is 1. The monoisotopic (exact) mass is 324 g/mol. The lowest BCUT2D eigenvalue weighted by Crippen LogP contribution is -2.50. The summed E-state index contributed by atoms with van der Waals surface area (Å²) >= 11 is 5.85. The van der Waals surface area contributed by atoms with Gasteiger partial charge in [0.15, 0.2) is 0 Å². The summed E-state index contributed by atoms with van der Waals surface area (Å²) in [5, 5.41) is 6.62. The fourth-order valence-electron chi connectivity index (χ4n) is 2.60. The van der Waals surface area contributed by atoms with Gasteiger partial charge in [0, 0.05) is 17.5 Å². The molecular weight excluding hydrogens is 304 g/mol. The van der Waals surface area contributed by atoms with Crippen molar-refractivity contribution in [2.45, 2.75) is 44.3 Å². The van der Waals surface area contributed by atoms with Crippen LogP contribution in [0, 0.1) is 0 Å². The number of carbonyl (C=O) groups is 2. The van der Waals surface area contributed by atoms with Crippen molar-refractivity contribution in [3.63, 3.8) is 0 Å². The van der Waals surface area contributed by atoms with Crippen LogP contribution >= 0.6 is 11.6 Å². The van der Waals surface area contributed by atoms with Crippen LogP contribution in [0.5, 0.6) is 0 Å². The first-order valence-electron chi connectivity index (χ1n) is 7.38. The highest BCUT2D eigenvalue weighted by molar-refractivity contribution is 6.30. The van der Waals surface area contributed by atoms with E-state index in [1.54, 1.807) is 12.1 Å². The molecule has 1 aromatic rings. The predicted octanol–water partition coefficient (Wildman–Crippen LogP) is 1.68. The number of halogens is 1. The van der Waals surface area contributed by atoms with Gasteiger partial charge in [-0.3, -0.25) is 4.79 Å². The zero-order valence-corrected chi connectivity index (χ0v) is 13.5. The van der Waals surface area contributed by atoms with Crippen LogP contribution in [0.1, 0.15) is 25.3 Å². The van der Waals surface area contributed by atoms with E-state index in [1.165, 1.54) is 7.11 Å². The van der Waals surface area contributed by atoms with Crippen LogP contribution < -0.4 is 10.6 Å². The Balaban J connectivity index is 2.01. The Labute approximate surface area is 135 Å². The Morgan fingerprint density at radius 1 is 1.36 bits per heavy atom. The summed E-state index contributed by atoms with van der Waals surface area (Å²) in [5.41, 5.74) is 0.910. The van der Waals surface area contributed by atoms with Crippen molar-refractivity contribution >= 4 is 23.5 Å². The standard InChI is InChI=1S/C16H21ClN2O3/c1-10-3-8-13(18-10)15(20)19-14(16(21)22-2)9-11-4-6-12(17)7-5-11/h4-7,10,13-14,18H,3,8-9H2,1-2H3,(H,19,20)/t10?,13-,14-/m0/s1. The van der Waals surface area contributed by atoms with Crippen LogP contribution in [0.15, 0.2) is 24.3 Å². The van der Waals surface area contributed by atoms with Gasteiger partial charge in [-0.15, -0.1) is 0 Å². The van der Waals surface area contributed by atoms with Gasteiger partial charge in [0.2, 0.25) is 5.91 Å². The van der Waals surface area contributed by atoms with Gasteiger partial charge in [-0.1, -0.05) is 23.7 Å². The van der Waals surface area contributed by atoms with Gasteiger partial charge in [-0.2, -0.15) is 0 Å². The van der Waals surface area contributed by atoms with Crippen LogP contribution in [0.4, 0.5) is 0 Å². The first-order chi connectivity index (χ1) is 10.5. The number of hydrogen-bond acceptors (Lipinski definition) is 4. The Bertz CT molecular complexity index is 533. The first kappa shape index (κ1) is 16.8. The van der Waals surface area contributed by atoms with Crippen LogP contribution in [0.25, 0.3) is 0 Å². The van der Waals surface area contributed by atoms with Crippen LogP contribution in [-0.2, 0) is 20.7 Å². The molecule has 0 spiro atoms. The Morgan fingerprint density at radius 2 is 2.05 bits per heavy atom. The fraction of sp³-hybridized carbons (Fsp3) is 0.500. The van der Waals surface area contributed by atoms with Crippen molar-refractivity contribution in [2.75, 3.05) is 7.11 Å². The maximum absolute atomic E-state index is 12.3. The zero-order valence-electron chi connectivity index (χ0n) is 12.8. The first-order valence-corrected chi connectivity index (χ1v) is 7.76. The summed E-state index contributed by atoms with van der Waals surface area (Å²) in [4.78, 5) is 24.2. The van der Waals surface area contributed by atoms with Gasteiger partial charge in [0.1, 0.15) is 6.04 Å². The molecule has 0 aromatic heterocycles. The molecule has 1 aromatic carbocycles. The molecule has 2 rings (SSSR count). The summed E-state index contributed by atoms with van der Waals surface area (Å²) < 4.78 is 4.79. The average Bonchev–Trinajstić information content (AvgIpc) is 2.94. The highest BCUT2D eigenvalue weighted by Gasteiger charge is 2.30. The highest BCUT2D eigenvalue weighted by Crippen LogP contribution is 2.14. The van der Waals surface area contributed by atoms with Crippen LogP contribution in [0.3, 0.4) is 0 Å². The topological polar surface area (TPSA) is 67.4 Å². The molecule has 0 radical (unpaired) electrons. The zero-order chi connectivity index (χ0) is 16.1. The number of methoxy groups -OCH3 is 1. The molecule has 5 nitrogen and oxygen atoms in total. The van der Waals surface area contributed by atoms with Crippen molar-refractivity contribution in [1.82, 2.24) is 10.6 Å². The SMILES string of the molecule is COC(=O)[C@H](Cc1ccc(Cl)cc1)NC(=O)[C@@H]1CCC(C)N1. The molecule has 1 saturated heterocycles. The molecule has 6 heteroatoms. The summed E-state index contributed by atoms with van der Waals surface area (Å²) in [6.45, 7) is 2.04. The van der Waals surface area contributed by atoms with Gasteiger partial charge >= 0.3 is 5.97 Å². The molecule has 2 N–H and O–H groups in total. The Kier molecular flexibility index (Phi) is 5.80. The van der Waals surface area contributed by atoms with E-state index in [-0.39, 0.29) is 11.9 Å². The molecule has 1 heterocycles. The van der Waals surface area contributed by atoms with Gasteiger partial charge in [-0.25, -0.2) is 4.79 Å². The summed E-state index contributed by atoms with van der Waals surface area (Å²) in [5.74, 6) is -0.608. The number of amides is 1. The van der Waals surface area contributed by atoms with Crippen molar-refractivity contribution in [3.8, 4) is 0 Å². The molecular formula is C16H21ClN2O3. The number of carbonyl (C=O) groups excluding carboxylic acids is 2. The lowest BCUT2D eigenvalue weighted by molar-refractivity contribution is -0.145. The van der Waals surface area contributed by atoms with Gasteiger partial charge in [0.25, 0.3) is 0 Å². The number of rotatable bonds is 5. The molecule has 1 aliphatic heterocycles. The maximum Gasteiger partial charge on any atom is 0.328 e. The maximum atomic E-state index is 12.3. The van der Waals surface area contributed by atoms with Crippen molar-refractivity contribution < 1.29 is 14.3 Å². The van der Waals surface area contributed by atoms with Gasteiger partial charge in [-0.05, 0) is 37.5 Å². The number of hydrogen-bond donors (Lipinski definition) is 2. The molecule has 0 aliphatic carbocycles. The van der Waals surface area contributed by atoms with Crippen LogP contribution in [0.2, 0.25) is 5.02 Å². The van der Waals surface area contributed by atoms with E-state index in [0.717, 1.165) is 18.4 Å². The second kappa shape index (κ2) is 7.61. The molecule has 22 heavy (non-hydrogen) atoms. The van der Waals surface area contributed by atoms with E-state index in [1.807, 2.05) is 19.1 Å². The number of nitrogens with one attached hydrogen (secondary N) is 2. The minimum Gasteiger partial charge on any atom is -0.467 e. The molecule has 3 atom stereocenters. The van der Waals surface area contributed by atoms with Crippen molar-refractivity contribution in [2.24, 2.45) is 0 Å². The highest BCUT2D eigenvalue weighted by atomic mass is 35.5. The van der Waals surface area contributed by atoms with E-state index in [9.17, 15) is 9.59 Å². The molecule has 1 fully saturated rings. The Morgan fingerprint density at radius 3 is 2.59 bits per heavy atom. The minimum atomic E-state index is -0.698. The normalized spacial score (nSPS) is 22.1. The molecule has 120 valence electrons. The third-order valence-electron chi connectivity index (χ3n) is 3.85. The van der Waals surface area contributed by atoms with E-state index in [2.05, 4.69) is 10.6 Å². The molecule has 1 aliphatic rings. The van der Waals surface area contributed by atoms with Gasteiger partial charge < -0.3 is 15.4 Å². The largest absolute Gasteiger partial charge is 0.467 e. The second-order valence-electron chi connectivity index (χ2n) is 5.61. The number of ether oxygens (including phenoxy) is 1. The van der Waals surface area contributed by atoms with Crippen molar-refractivity contribution in [1.29, 1.82) is 0 Å². The second-order valence-corrected chi connectivity index (χ2v) is 6.05. The van der Waals surface area contributed by atoms with Crippen molar-refractivity contribution in [3.05, 3.63) is 34.9 Å².